The maximum Gasteiger partial charge on any atom is 0.175 e. The zero-order valence-corrected chi connectivity index (χ0v) is 14.5. The molecule has 1 aliphatic rings. The number of likely N-dealkylation sites (tertiary alicyclic amines) is 1. The smallest absolute Gasteiger partial charge is 0.175 e. The van der Waals surface area contributed by atoms with E-state index >= 15 is 0 Å². The molecule has 0 bridgehead atoms. The number of hydrogen-bond acceptors (Lipinski definition) is 5. The molecule has 0 saturated carbocycles. The fraction of sp³-hybridized carbons (Fsp3) is 0.471. The zero-order valence-electron chi connectivity index (χ0n) is 13.7. The van der Waals surface area contributed by atoms with Gasteiger partial charge in [-0.3, -0.25) is 5.10 Å². The molecule has 6 nitrogen and oxygen atoms in total. The van der Waals surface area contributed by atoms with E-state index in [1.165, 1.54) is 11.8 Å². The van der Waals surface area contributed by atoms with Gasteiger partial charge in [-0.2, -0.15) is 5.10 Å². The summed E-state index contributed by atoms with van der Waals surface area (Å²) < 4.78 is 23.0. The Labute approximate surface area is 142 Å². The molecule has 1 aromatic heterocycles. The first-order chi connectivity index (χ1) is 11.4. The number of rotatable bonds is 5. The molecule has 0 spiro atoms. The fourth-order valence-corrected chi connectivity index (χ4v) is 3.85. The van der Waals surface area contributed by atoms with Gasteiger partial charge in [0.2, 0.25) is 0 Å². The second-order valence-electron chi connectivity index (χ2n) is 6.46. The number of sulfone groups is 1. The fourth-order valence-electron chi connectivity index (χ4n) is 3.22. The third-order valence-electron chi connectivity index (χ3n) is 4.70. The van der Waals surface area contributed by atoms with E-state index in [1.807, 2.05) is 12.4 Å². The first-order valence-corrected chi connectivity index (χ1v) is 10.0. The van der Waals surface area contributed by atoms with Gasteiger partial charge in [0.05, 0.1) is 17.2 Å². The van der Waals surface area contributed by atoms with Crippen LogP contribution in [0.5, 0.6) is 0 Å². The van der Waals surface area contributed by atoms with Crippen LogP contribution in [-0.4, -0.2) is 54.5 Å². The zero-order chi connectivity index (χ0) is 17.2. The van der Waals surface area contributed by atoms with E-state index in [1.54, 1.807) is 24.3 Å². The topological polar surface area (TPSA) is 86.3 Å². The molecule has 24 heavy (non-hydrogen) atoms. The molecule has 1 aromatic carbocycles. The number of β-amino-alcohol motifs (C(OH)–C–C–N with tert-alkyl or cyclic N) is 1. The average molecular weight is 349 g/mol. The Morgan fingerprint density at radius 1 is 1.29 bits per heavy atom. The molecule has 130 valence electrons. The van der Waals surface area contributed by atoms with E-state index in [2.05, 4.69) is 15.1 Å². The number of aromatic amines is 1. The number of nitrogens with zero attached hydrogens (tertiary/aromatic N) is 2. The lowest BCUT2D eigenvalue weighted by Crippen LogP contribution is -2.36. The first-order valence-electron chi connectivity index (χ1n) is 8.12. The second kappa shape index (κ2) is 7.04. The van der Waals surface area contributed by atoms with Crippen LogP contribution >= 0.6 is 0 Å². The third-order valence-corrected chi connectivity index (χ3v) is 5.83. The SMILES string of the molecule is CS(=O)(=O)c1ccc(C(O)CN2CCC(c3cn[nH]c3)CC2)cc1. The average Bonchev–Trinajstić information content (AvgIpc) is 3.09. The van der Waals surface area contributed by atoms with Gasteiger partial charge in [0, 0.05) is 19.0 Å². The maximum atomic E-state index is 11.5. The van der Waals surface area contributed by atoms with E-state index < -0.39 is 15.9 Å². The Balaban J connectivity index is 1.55. The quantitative estimate of drug-likeness (QED) is 0.858. The largest absolute Gasteiger partial charge is 0.387 e. The summed E-state index contributed by atoms with van der Waals surface area (Å²) in [6.07, 6.45) is 6.53. The molecule has 1 fully saturated rings. The molecule has 1 atom stereocenters. The van der Waals surface area contributed by atoms with Gasteiger partial charge in [-0.15, -0.1) is 0 Å². The highest BCUT2D eigenvalue weighted by atomic mass is 32.2. The Bertz CT molecular complexity index is 749. The molecule has 0 aliphatic carbocycles. The Morgan fingerprint density at radius 3 is 2.50 bits per heavy atom. The number of aliphatic hydroxyl groups excluding tert-OH is 1. The lowest BCUT2D eigenvalue weighted by Gasteiger charge is -2.32. The highest BCUT2D eigenvalue weighted by Crippen LogP contribution is 2.28. The molecule has 1 unspecified atom stereocenters. The van der Waals surface area contributed by atoms with Gasteiger partial charge >= 0.3 is 0 Å². The number of aliphatic hydroxyl groups is 1. The van der Waals surface area contributed by atoms with E-state index in [9.17, 15) is 13.5 Å². The summed E-state index contributed by atoms with van der Waals surface area (Å²) in [6, 6.07) is 6.50. The van der Waals surface area contributed by atoms with Crippen LogP contribution in [0, 0.1) is 0 Å². The maximum absolute atomic E-state index is 11.5. The van der Waals surface area contributed by atoms with Crippen LogP contribution in [0.1, 0.15) is 36.0 Å². The van der Waals surface area contributed by atoms with Crippen molar-refractivity contribution in [2.75, 3.05) is 25.9 Å². The number of nitrogens with one attached hydrogen (secondary N) is 1. The monoisotopic (exact) mass is 349 g/mol. The summed E-state index contributed by atoms with van der Waals surface area (Å²) in [4.78, 5) is 2.53. The van der Waals surface area contributed by atoms with Gasteiger partial charge in [-0.1, -0.05) is 12.1 Å². The van der Waals surface area contributed by atoms with Crippen molar-refractivity contribution in [3.8, 4) is 0 Å². The van der Waals surface area contributed by atoms with Crippen LogP contribution in [-0.2, 0) is 9.84 Å². The van der Waals surface area contributed by atoms with Crippen molar-refractivity contribution in [2.24, 2.45) is 0 Å². The van der Waals surface area contributed by atoms with Crippen molar-refractivity contribution in [3.63, 3.8) is 0 Å². The Hall–Kier alpha value is -1.70. The molecule has 1 saturated heterocycles. The van der Waals surface area contributed by atoms with E-state index in [0.717, 1.165) is 31.5 Å². The molecule has 7 heteroatoms. The minimum Gasteiger partial charge on any atom is -0.387 e. The molecule has 2 heterocycles. The predicted molar refractivity (Wildman–Crippen MR) is 91.5 cm³/mol. The number of hydrogen-bond donors (Lipinski definition) is 2. The lowest BCUT2D eigenvalue weighted by molar-refractivity contribution is 0.0972. The molecular formula is C17H23N3O3S. The summed E-state index contributed by atoms with van der Waals surface area (Å²) in [5.74, 6) is 0.534. The minimum absolute atomic E-state index is 0.277. The summed E-state index contributed by atoms with van der Waals surface area (Å²) >= 11 is 0. The van der Waals surface area contributed by atoms with E-state index in [4.69, 9.17) is 0 Å². The highest BCUT2D eigenvalue weighted by molar-refractivity contribution is 7.90. The van der Waals surface area contributed by atoms with E-state index in [0.29, 0.717) is 12.5 Å². The first kappa shape index (κ1) is 17.1. The standard InChI is InChI=1S/C17H23N3O3S/c1-24(22,23)16-4-2-14(3-5-16)17(21)12-20-8-6-13(7-9-20)15-10-18-19-11-15/h2-5,10-11,13,17,21H,6-9,12H2,1H3,(H,18,19). The third kappa shape index (κ3) is 4.03. The van der Waals surface area contributed by atoms with Crippen LogP contribution < -0.4 is 0 Å². The van der Waals surface area contributed by atoms with Gasteiger partial charge < -0.3 is 10.0 Å². The second-order valence-corrected chi connectivity index (χ2v) is 8.48. The molecule has 0 radical (unpaired) electrons. The molecule has 2 aromatic rings. The van der Waals surface area contributed by atoms with Gasteiger partial charge in [0.15, 0.2) is 9.84 Å². The number of aromatic nitrogens is 2. The Morgan fingerprint density at radius 2 is 1.96 bits per heavy atom. The van der Waals surface area contributed by atoms with Gasteiger partial charge in [0.25, 0.3) is 0 Å². The van der Waals surface area contributed by atoms with Gasteiger partial charge in [0.1, 0.15) is 0 Å². The van der Waals surface area contributed by atoms with Crippen LogP contribution in [0.25, 0.3) is 0 Å². The number of piperidine rings is 1. The number of H-pyrrole nitrogens is 1. The van der Waals surface area contributed by atoms with Crippen molar-refractivity contribution in [3.05, 3.63) is 47.8 Å². The van der Waals surface area contributed by atoms with Crippen LogP contribution in [0.4, 0.5) is 0 Å². The molecule has 3 rings (SSSR count). The van der Waals surface area contributed by atoms with Crippen molar-refractivity contribution in [1.29, 1.82) is 0 Å². The molecule has 0 amide bonds. The minimum atomic E-state index is -3.20. The van der Waals surface area contributed by atoms with Crippen molar-refractivity contribution >= 4 is 9.84 Å². The van der Waals surface area contributed by atoms with E-state index in [-0.39, 0.29) is 4.90 Å². The Kier molecular flexibility index (Phi) is 5.03. The highest BCUT2D eigenvalue weighted by Gasteiger charge is 2.23. The van der Waals surface area contributed by atoms with Crippen LogP contribution in [0.2, 0.25) is 0 Å². The van der Waals surface area contributed by atoms with Crippen molar-refractivity contribution in [2.45, 2.75) is 29.8 Å². The summed E-state index contributed by atoms with van der Waals surface area (Å²) in [5.41, 5.74) is 2.01. The predicted octanol–water partition coefficient (Wildman–Crippen LogP) is 1.73. The lowest BCUT2D eigenvalue weighted by atomic mass is 9.91. The van der Waals surface area contributed by atoms with Gasteiger partial charge in [-0.05, 0) is 55.1 Å². The number of benzene rings is 1. The molecule has 1 aliphatic heterocycles. The molecular weight excluding hydrogens is 326 g/mol. The van der Waals surface area contributed by atoms with Gasteiger partial charge in [-0.25, -0.2) is 8.42 Å². The van der Waals surface area contributed by atoms with Crippen molar-refractivity contribution in [1.82, 2.24) is 15.1 Å². The van der Waals surface area contributed by atoms with Crippen LogP contribution in [0.15, 0.2) is 41.6 Å². The molecule has 2 N–H and O–H groups in total. The van der Waals surface area contributed by atoms with Crippen molar-refractivity contribution < 1.29 is 13.5 Å². The van der Waals surface area contributed by atoms with Crippen LogP contribution in [0.3, 0.4) is 0 Å². The normalized spacial score (nSPS) is 18.6. The summed E-state index contributed by atoms with van der Waals surface area (Å²) in [5, 5.41) is 17.3. The summed E-state index contributed by atoms with van der Waals surface area (Å²) in [7, 11) is -3.20. The summed E-state index contributed by atoms with van der Waals surface area (Å²) in [6.45, 7) is 2.44.